The zero-order valence-corrected chi connectivity index (χ0v) is 22.0. The summed E-state index contributed by atoms with van der Waals surface area (Å²) >= 11 is 5.82. The number of benzene rings is 2. The van der Waals surface area contributed by atoms with Crippen molar-refractivity contribution in [1.82, 2.24) is 0 Å². The van der Waals surface area contributed by atoms with Crippen LogP contribution in [0.1, 0.15) is 81.9 Å². The molecule has 2 rings (SSSR count). The number of unbranched alkanes of at least 4 members (excludes halogenated alkanes) is 8. The second-order valence-electron chi connectivity index (χ2n) is 8.88. The molecule has 0 saturated carbocycles. The van der Waals surface area contributed by atoms with Crippen molar-refractivity contribution in [3.8, 4) is 5.75 Å². The third-order valence-corrected chi connectivity index (χ3v) is 7.44. The number of aromatic hydroxyl groups is 1. The molecular weight excluding hydrogens is 486 g/mol. The summed E-state index contributed by atoms with van der Waals surface area (Å²) in [5.41, 5.74) is 1.49. The van der Waals surface area contributed by atoms with Crippen molar-refractivity contribution >= 4 is 38.9 Å². The second-order valence-corrected chi connectivity index (χ2v) is 11.0. The molecule has 5 N–H and O–H groups in total. The van der Waals surface area contributed by atoms with Crippen LogP contribution >= 0.6 is 11.6 Å². The zero-order valence-electron chi connectivity index (χ0n) is 20.4. The van der Waals surface area contributed by atoms with Crippen LogP contribution in [0.15, 0.2) is 42.5 Å². The van der Waals surface area contributed by atoms with E-state index in [1.807, 2.05) is 0 Å². The minimum atomic E-state index is -3.95. The van der Waals surface area contributed by atoms with Gasteiger partial charge in [0.25, 0.3) is 0 Å². The van der Waals surface area contributed by atoms with E-state index in [0.717, 1.165) is 19.3 Å². The third-order valence-electron chi connectivity index (χ3n) is 5.88. The molecule has 1 amide bonds. The highest BCUT2D eigenvalue weighted by Gasteiger charge is 2.24. The Morgan fingerprint density at radius 1 is 0.971 bits per heavy atom. The number of sulfonamides is 1. The van der Waals surface area contributed by atoms with E-state index in [2.05, 4.69) is 17.6 Å². The summed E-state index contributed by atoms with van der Waals surface area (Å²) in [4.78, 5) is 12.4. The molecule has 0 bridgehead atoms. The largest absolute Gasteiger partial charge is 0.506 e. The molecule has 0 spiro atoms. The number of anilines is 2. The molecule has 0 saturated heterocycles. The molecule has 0 heterocycles. The van der Waals surface area contributed by atoms with E-state index in [4.69, 9.17) is 16.7 Å². The molecule has 2 aromatic carbocycles. The number of carbonyl (C=O) groups excluding carboxylic acids is 1. The maximum Gasteiger partial charge on any atom is 0.224 e. The molecular formula is C26H38ClN3O4S. The summed E-state index contributed by atoms with van der Waals surface area (Å²) in [5, 5.41) is 20.2. The molecule has 0 aliphatic rings. The van der Waals surface area contributed by atoms with Crippen LogP contribution in [0, 0.1) is 0 Å². The average Bonchev–Trinajstić information content (AvgIpc) is 2.80. The molecule has 0 aromatic heterocycles. The lowest BCUT2D eigenvalue weighted by molar-refractivity contribution is -0.116. The fourth-order valence-corrected chi connectivity index (χ4v) is 4.85. The van der Waals surface area contributed by atoms with Gasteiger partial charge in [0.05, 0.1) is 5.02 Å². The molecule has 194 valence electrons. The van der Waals surface area contributed by atoms with Gasteiger partial charge in [0.1, 0.15) is 11.0 Å². The molecule has 0 aliphatic carbocycles. The topological polar surface area (TPSA) is 122 Å². The van der Waals surface area contributed by atoms with E-state index in [9.17, 15) is 18.3 Å². The Morgan fingerprint density at radius 2 is 1.63 bits per heavy atom. The average molecular weight is 524 g/mol. The number of rotatable bonds is 16. The van der Waals surface area contributed by atoms with Crippen LogP contribution < -0.4 is 15.8 Å². The molecule has 9 heteroatoms. The van der Waals surface area contributed by atoms with Crippen LogP contribution in [0.25, 0.3) is 0 Å². The Bertz CT molecular complexity index is 1050. The molecule has 0 aliphatic heterocycles. The van der Waals surface area contributed by atoms with Gasteiger partial charge >= 0.3 is 0 Å². The summed E-state index contributed by atoms with van der Waals surface area (Å²) < 4.78 is 24.6. The van der Waals surface area contributed by atoms with E-state index in [0.29, 0.717) is 23.4 Å². The zero-order chi connectivity index (χ0) is 25.7. The van der Waals surface area contributed by atoms with Gasteiger partial charge in [-0.25, -0.2) is 13.6 Å². The maximum absolute atomic E-state index is 12.4. The van der Waals surface area contributed by atoms with E-state index >= 15 is 0 Å². The maximum atomic E-state index is 12.4. The van der Waals surface area contributed by atoms with E-state index < -0.39 is 15.3 Å². The number of phenols is 1. The number of amides is 1. The molecule has 1 unspecified atom stereocenters. The van der Waals surface area contributed by atoms with E-state index in [-0.39, 0.29) is 23.2 Å². The number of primary sulfonamides is 1. The molecule has 0 radical (unpaired) electrons. The first-order valence-electron chi connectivity index (χ1n) is 12.3. The Hall–Kier alpha value is -2.29. The van der Waals surface area contributed by atoms with Crippen molar-refractivity contribution in [2.45, 2.75) is 76.4 Å². The number of hydrogen-bond acceptors (Lipinski definition) is 5. The fraction of sp³-hybridized carbons (Fsp3) is 0.500. The highest BCUT2D eigenvalue weighted by molar-refractivity contribution is 7.89. The Labute approximate surface area is 214 Å². The van der Waals surface area contributed by atoms with Gasteiger partial charge in [0, 0.05) is 30.4 Å². The van der Waals surface area contributed by atoms with Crippen molar-refractivity contribution in [2.75, 3.05) is 17.2 Å². The molecule has 35 heavy (non-hydrogen) atoms. The van der Waals surface area contributed by atoms with E-state index in [1.54, 1.807) is 30.3 Å². The Balaban J connectivity index is 1.86. The van der Waals surface area contributed by atoms with Crippen LogP contribution in [-0.4, -0.2) is 26.0 Å². The number of phenolic OH excluding ortho intramolecular Hbond substituents is 1. The summed E-state index contributed by atoms with van der Waals surface area (Å²) in [6.07, 6.45) is 11.1. The molecule has 2 aromatic rings. The van der Waals surface area contributed by atoms with Crippen molar-refractivity contribution in [3.63, 3.8) is 0 Å². The molecule has 1 atom stereocenters. The van der Waals surface area contributed by atoms with Gasteiger partial charge in [-0.1, -0.05) is 82.0 Å². The number of halogens is 1. The normalized spacial score (nSPS) is 12.3. The quantitative estimate of drug-likeness (QED) is 0.191. The first-order valence-corrected chi connectivity index (χ1v) is 14.3. The fourth-order valence-electron chi connectivity index (χ4n) is 3.89. The van der Waals surface area contributed by atoms with Crippen molar-refractivity contribution in [3.05, 3.63) is 53.1 Å². The van der Waals surface area contributed by atoms with Crippen LogP contribution in [0.5, 0.6) is 5.75 Å². The monoisotopic (exact) mass is 523 g/mol. The Morgan fingerprint density at radius 3 is 2.26 bits per heavy atom. The van der Waals surface area contributed by atoms with Crippen LogP contribution in [0.4, 0.5) is 11.4 Å². The number of nitrogens with one attached hydrogen (secondary N) is 2. The minimum Gasteiger partial charge on any atom is -0.506 e. The smallest absolute Gasteiger partial charge is 0.224 e. The van der Waals surface area contributed by atoms with Crippen LogP contribution in [0.3, 0.4) is 0 Å². The van der Waals surface area contributed by atoms with E-state index in [1.165, 1.54) is 50.7 Å². The summed E-state index contributed by atoms with van der Waals surface area (Å²) in [7, 11) is -3.95. The third kappa shape index (κ3) is 10.9. The van der Waals surface area contributed by atoms with Crippen molar-refractivity contribution < 1.29 is 18.3 Å². The lowest BCUT2D eigenvalue weighted by Crippen LogP contribution is -2.27. The van der Waals surface area contributed by atoms with Gasteiger partial charge in [0.15, 0.2) is 0 Å². The standard InChI is InChI=1S/C26H38ClN3O4S/c1-2-3-4-5-6-7-8-9-10-14-26(32)30-22-13-11-12-20(17-22)25(35(28,33)34)19-29-21-15-16-23(27)24(31)18-21/h11-13,15-18,25,29,31H,2-10,14,19H2,1H3,(H,30,32)(H2,28,33,34). The molecule has 0 fully saturated rings. The SMILES string of the molecule is CCCCCCCCCCCC(=O)Nc1cccc(C(CNc2ccc(Cl)c(O)c2)S(N)(=O)=O)c1. The minimum absolute atomic E-state index is 0.0181. The first-order chi connectivity index (χ1) is 16.7. The summed E-state index contributed by atoms with van der Waals surface area (Å²) in [6, 6.07) is 11.3. The van der Waals surface area contributed by atoms with Crippen LogP contribution in [0.2, 0.25) is 5.02 Å². The van der Waals surface area contributed by atoms with Gasteiger partial charge in [-0.05, 0) is 36.2 Å². The lowest BCUT2D eigenvalue weighted by Gasteiger charge is -2.18. The van der Waals surface area contributed by atoms with Crippen molar-refractivity contribution in [1.29, 1.82) is 0 Å². The lowest BCUT2D eigenvalue weighted by atomic mass is 10.1. The predicted octanol–water partition coefficient (Wildman–Crippen LogP) is 6.35. The second kappa shape index (κ2) is 15.0. The molecule has 7 nitrogen and oxygen atoms in total. The number of carbonyl (C=O) groups is 1. The predicted molar refractivity (Wildman–Crippen MR) is 144 cm³/mol. The van der Waals surface area contributed by atoms with Crippen molar-refractivity contribution in [2.24, 2.45) is 5.14 Å². The van der Waals surface area contributed by atoms with Gasteiger partial charge in [-0.15, -0.1) is 0 Å². The van der Waals surface area contributed by atoms with Gasteiger partial charge in [0.2, 0.25) is 15.9 Å². The Kier molecular flexibility index (Phi) is 12.4. The number of hydrogen-bond donors (Lipinski definition) is 4. The first kappa shape index (κ1) is 28.9. The summed E-state index contributed by atoms with van der Waals surface area (Å²) in [5.74, 6) is -0.201. The summed E-state index contributed by atoms with van der Waals surface area (Å²) in [6.45, 7) is 2.20. The highest BCUT2D eigenvalue weighted by Crippen LogP contribution is 2.28. The van der Waals surface area contributed by atoms with Gasteiger partial charge in [-0.2, -0.15) is 0 Å². The van der Waals surface area contributed by atoms with Gasteiger partial charge in [-0.3, -0.25) is 4.79 Å². The van der Waals surface area contributed by atoms with Gasteiger partial charge < -0.3 is 15.7 Å². The highest BCUT2D eigenvalue weighted by atomic mass is 35.5. The van der Waals surface area contributed by atoms with Crippen LogP contribution in [-0.2, 0) is 14.8 Å². The number of nitrogens with two attached hydrogens (primary N) is 1.